The fraction of sp³-hybridized carbons (Fsp3) is 0.739. The Bertz CT molecular complexity index is 666. The highest BCUT2D eigenvalue weighted by molar-refractivity contribution is 7.64. The number of hydrogen-bond donors (Lipinski definition) is 0. The van der Waals surface area contributed by atoms with Crippen LogP contribution in [-0.2, 0) is 4.57 Å². The molecular formula is C23H41N2OP. The van der Waals surface area contributed by atoms with Gasteiger partial charge >= 0.3 is 0 Å². The molecule has 0 radical (unpaired) electrons. The number of benzene rings is 1. The lowest BCUT2D eigenvalue weighted by molar-refractivity contribution is 0.420. The number of hydrogen-bond acceptors (Lipinski definition) is 2. The van der Waals surface area contributed by atoms with Crippen molar-refractivity contribution in [3.8, 4) is 0 Å². The lowest BCUT2D eigenvalue weighted by atomic mass is 9.92. The van der Waals surface area contributed by atoms with Gasteiger partial charge < -0.3 is 9.46 Å². The van der Waals surface area contributed by atoms with Gasteiger partial charge in [0.1, 0.15) is 0 Å². The highest BCUT2D eigenvalue weighted by Crippen LogP contribution is 2.69. The van der Waals surface area contributed by atoms with Gasteiger partial charge in [-0.1, -0.05) is 87.4 Å². The van der Waals surface area contributed by atoms with Gasteiger partial charge in [0.05, 0.1) is 6.67 Å². The summed E-state index contributed by atoms with van der Waals surface area (Å²) in [6, 6.07) is 6.72. The van der Waals surface area contributed by atoms with Crippen LogP contribution >= 0.6 is 7.29 Å². The molecule has 0 unspecified atom stereocenters. The second-order valence-corrected chi connectivity index (χ2v) is 15.0. The number of nitrogens with zero attached hydrogens (tertiary/aromatic N) is 2. The molecule has 154 valence electrons. The Morgan fingerprint density at radius 2 is 1.30 bits per heavy atom. The first-order valence-electron chi connectivity index (χ1n) is 10.4. The van der Waals surface area contributed by atoms with Crippen molar-refractivity contribution in [3.63, 3.8) is 0 Å². The summed E-state index contributed by atoms with van der Waals surface area (Å²) in [5.41, 5.74) is 4.19. The summed E-state index contributed by atoms with van der Waals surface area (Å²) in [5.74, 6) is 0.953. The first kappa shape index (κ1) is 22.5. The summed E-state index contributed by atoms with van der Waals surface area (Å²) < 4.78 is 16.7. The van der Waals surface area contributed by atoms with Crippen LogP contribution < -0.4 is 4.90 Å². The molecule has 0 aliphatic carbocycles. The van der Waals surface area contributed by atoms with Gasteiger partial charge in [0.2, 0.25) is 0 Å². The Labute approximate surface area is 167 Å². The normalized spacial score (nSPS) is 17.4. The lowest BCUT2D eigenvalue weighted by Crippen LogP contribution is -2.39. The molecule has 1 aromatic rings. The average Bonchev–Trinajstić information content (AvgIpc) is 3.00. The van der Waals surface area contributed by atoms with Gasteiger partial charge in [0, 0.05) is 29.1 Å². The summed E-state index contributed by atoms with van der Waals surface area (Å²) in [7, 11) is -2.58. The molecule has 1 aliphatic heterocycles. The Hall–Kier alpha value is -0.790. The van der Waals surface area contributed by atoms with Gasteiger partial charge in [-0.3, -0.25) is 0 Å². The number of rotatable bonds is 4. The zero-order valence-corrected chi connectivity index (χ0v) is 20.2. The summed E-state index contributed by atoms with van der Waals surface area (Å²) in [4.78, 5) is 2.48. The average molecular weight is 393 g/mol. The fourth-order valence-electron chi connectivity index (χ4n) is 4.72. The van der Waals surface area contributed by atoms with Crippen molar-refractivity contribution in [2.24, 2.45) is 0 Å². The quantitative estimate of drug-likeness (QED) is 0.521. The molecule has 1 aromatic carbocycles. The largest absolute Gasteiger partial charge is 0.356 e. The van der Waals surface area contributed by atoms with E-state index in [1.165, 1.54) is 16.8 Å². The summed E-state index contributed by atoms with van der Waals surface area (Å²) >= 11 is 0. The van der Waals surface area contributed by atoms with Gasteiger partial charge in [0.15, 0.2) is 7.29 Å². The Balaban J connectivity index is 2.49. The molecule has 0 bridgehead atoms. The van der Waals surface area contributed by atoms with Crippen molar-refractivity contribution in [2.45, 2.75) is 91.4 Å². The highest BCUT2D eigenvalue weighted by Gasteiger charge is 2.52. The third-order valence-electron chi connectivity index (χ3n) is 5.84. The second kappa shape index (κ2) is 7.56. The Kier molecular flexibility index (Phi) is 6.30. The third kappa shape index (κ3) is 4.01. The van der Waals surface area contributed by atoms with E-state index >= 15 is 0 Å². The van der Waals surface area contributed by atoms with Gasteiger partial charge in [-0.05, 0) is 23.0 Å². The monoisotopic (exact) mass is 392 g/mol. The fourth-order valence-corrected chi connectivity index (χ4v) is 9.13. The molecule has 1 aliphatic rings. The zero-order chi connectivity index (χ0) is 20.8. The molecule has 0 N–H and O–H groups in total. The SMILES string of the molecule is CC(C)c1cccc(C(C)C)c1N1CCN(P(=O)(C(C)(C)C)C(C)(C)C)C1. The molecule has 1 fully saturated rings. The van der Waals surface area contributed by atoms with Gasteiger partial charge in [0.25, 0.3) is 0 Å². The standard InChI is InChI=1S/C23H41N2OP/c1-17(2)19-12-11-13-20(18(3)4)21(19)24-14-15-25(16-24)27(26,22(5,6)7)23(8,9)10/h11-13,17-18H,14-16H2,1-10H3. The number of anilines is 1. The van der Waals surface area contributed by atoms with Crippen LogP contribution in [-0.4, -0.2) is 34.7 Å². The molecule has 1 heterocycles. The van der Waals surface area contributed by atoms with Crippen LogP contribution in [0.1, 0.15) is 92.2 Å². The maximum absolute atomic E-state index is 14.4. The predicted octanol–water partition coefficient (Wildman–Crippen LogP) is 6.89. The molecule has 0 saturated carbocycles. The minimum absolute atomic E-state index is 0.236. The molecule has 4 heteroatoms. The molecule has 2 rings (SSSR count). The van der Waals surface area contributed by atoms with Gasteiger partial charge in [-0.15, -0.1) is 0 Å². The van der Waals surface area contributed by atoms with E-state index in [1.807, 2.05) is 0 Å². The van der Waals surface area contributed by atoms with Crippen LogP contribution in [0, 0.1) is 0 Å². The van der Waals surface area contributed by atoms with E-state index in [1.54, 1.807) is 0 Å². The van der Waals surface area contributed by atoms with E-state index in [4.69, 9.17) is 0 Å². The van der Waals surface area contributed by atoms with E-state index in [2.05, 4.69) is 97.0 Å². The molecule has 0 aromatic heterocycles. The smallest absolute Gasteiger partial charge is 0.162 e. The molecule has 0 amide bonds. The number of para-hydroxylation sites is 1. The van der Waals surface area contributed by atoms with Crippen molar-refractivity contribution in [1.82, 2.24) is 4.67 Å². The Morgan fingerprint density at radius 3 is 1.67 bits per heavy atom. The van der Waals surface area contributed by atoms with Crippen LogP contribution in [0.15, 0.2) is 18.2 Å². The van der Waals surface area contributed by atoms with Crippen LogP contribution in [0.25, 0.3) is 0 Å². The van der Waals surface area contributed by atoms with Crippen LogP contribution in [0.4, 0.5) is 5.69 Å². The topological polar surface area (TPSA) is 23.6 Å². The summed E-state index contributed by atoms with van der Waals surface area (Å²) in [5, 5.41) is -0.473. The summed E-state index contributed by atoms with van der Waals surface area (Å²) in [6.07, 6.45) is 0. The van der Waals surface area contributed by atoms with E-state index in [9.17, 15) is 4.57 Å². The van der Waals surface area contributed by atoms with Crippen molar-refractivity contribution < 1.29 is 4.57 Å². The zero-order valence-electron chi connectivity index (χ0n) is 19.3. The van der Waals surface area contributed by atoms with Crippen LogP contribution in [0.3, 0.4) is 0 Å². The van der Waals surface area contributed by atoms with E-state index in [0.29, 0.717) is 11.8 Å². The maximum atomic E-state index is 14.4. The first-order valence-corrected chi connectivity index (χ1v) is 12.1. The molecular weight excluding hydrogens is 351 g/mol. The minimum Gasteiger partial charge on any atom is -0.356 e. The summed E-state index contributed by atoms with van der Waals surface area (Å²) in [6.45, 7) is 24.5. The molecule has 1 saturated heterocycles. The molecule has 3 nitrogen and oxygen atoms in total. The Morgan fingerprint density at radius 1 is 0.852 bits per heavy atom. The lowest BCUT2D eigenvalue weighted by Gasteiger charge is -2.46. The van der Waals surface area contributed by atoms with E-state index in [0.717, 1.165) is 19.8 Å². The van der Waals surface area contributed by atoms with E-state index in [-0.39, 0.29) is 10.3 Å². The molecule has 27 heavy (non-hydrogen) atoms. The van der Waals surface area contributed by atoms with Crippen LogP contribution in [0.2, 0.25) is 0 Å². The third-order valence-corrected chi connectivity index (χ3v) is 10.6. The second-order valence-electron chi connectivity index (χ2n) is 10.6. The minimum atomic E-state index is -2.58. The van der Waals surface area contributed by atoms with Crippen LogP contribution in [0.5, 0.6) is 0 Å². The maximum Gasteiger partial charge on any atom is 0.162 e. The van der Waals surface area contributed by atoms with Crippen molar-refractivity contribution >= 4 is 13.0 Å². The van der Waals surface area contributed by atoms with Crippen molar-refractivity contribution in [2.75, 3.05) is 24.7 Å². The van der Waals surface area contributed by atoms with Gasteiger partial charge in [-0.2, -0.15) is 0 Å². The van der Waals surface area contributed by atoms with Crippen molar-refractivity contribution in [3.05, 3.63) is 29.3 Å². The van der Waals surface area contributed by atoms with Gasteiger partial charge in [-0.25, -0.2) is 4.67 Å². The van der Waals surface area contributed by atoms with Crippen molar-refractivity contribution in [1.29, 1.82) is 0 Å². The highest BCUT2D eigenvalue weighted by atomic mass is 31.2. The molecule has 0 spiro atoms. The first-order chi connectivity index (χ1) is 12.2. The molecule has 0 atom stereocenters. The predicted molar refractivity (Wildman–Crippen MR) is 121 cm³/mol. The van der Waals surface area contributed by atoms with E-state index < -0.39 is 7.29 Å².